The van der Waals surface area contributed by atoms with Crippen LogP contribution in [0.4, 0.5) is 17.1 Å². The van der Waals surface area contributed by atoms with Crippen molar-refractivity contribution >= 4 is 71.3 Å². The highest BCUT2D eigenvalue weighted by atomic mass is 16.3. The molecule has 0 aliphatic heterocycles. The van der Waals surface area contributed by atoms with Crippen LogP contribution < -0.4 is 4.90 Å². The molecule has 0 saturated heterocycles. The number of furan rings is 1. The summed E-state index contributed by atoms with van der Waals surface area (Å²) in [5.74, 6) is 0. The van der Waals surface area contributed by atoms with Crippen LogP contribution in [-0.4, -0.2) is 0 Å². The van der Waals surface area contributed by atoms with Gasteiger partial charge in [0.2, 0.25) is 0 Å². The van der Waals surface area contributed by atoms with Crippen molar-refractivity contribution in [2.75, 3.05) is 4.90 Å². The standard InChI is InChI=1S/C60H39NO/c1-2-14-40(15-3-1)41-28-30-44(31-29-41)60-55(56-38-45-17-5-7-20-50(45)51-21-8-9-22-52(51)56)25-13-26-57(60)61(47-36-37-54-53-23-10-11-27-58(53)62-59(54)39-47)46-34-32-43(33-35-46)49-24-12-18-42-16-4-6-19-48(42)49/h1-39H. The number of benzene rings is 11. The van der Waals surface area contributed by atoms with Crippen LogP contribution in [0.25, 0.3) is 98.8 Å². The van der Waals surface area contributed by atoms with Gasteiger partial charge in [-0.25, -0.2) is 0 Å². The van der Waals surface area contributed by atoms with E-state index in [-0.39, 0.29) is 0 Å². The molecular formula is C60H39NO. The zero-order chi connectivity index (χ0) is 41.0. The zero-order valence-corrected chi connectivity index (χ0v) is 33.9. The number of fused-ring (bicyclic) bond motifs is 7. The van der Waals surface area contributed by atoms with Gasteiger partial charge < -0.3 is 9.32 Å². The predicted molar refractivity (Wildman–Crippen MR) is 263 cm³/mol. The molecule has 0 N–H and O–H groups in total. The van der Waals surface area contributed by atoms with Gasteiger partial charge in [-0.05, 0) is 114 Å². The molecule has 2 heteroatoms. The van der Waals surface area contributed by atoms with Gasteiger partial charge in [0.05, 0.1) is 5.69 Å². The molecule has 290 valence electrons. The summed E-state index contributed by atoms with van der Waals surface area (Å²) in [6.07, 6.45) is 0. The van der Waals surface area contributed by atoms with Crippen LogP contribution in [0.1, 0.15) is 0 Å². The summed E-state index contributed by atoms with van der Waals surface area (Å²) in [5.41, 5.74) is 14.3. The molecule has 12 rings (SSSR count). The summed E-state index contributed by atoms with van der Waals surface area (Å²) in [4.78, 5) is 2.41. The van der Waals surface area contributed by atoms with E-state index in [4.69, 9.17) is 4.42 Å². The second-order valence-corrected chi connectivity index (χ2v) is 16.0. The Labute approximate surface area is 360 Å². The number of rotatable bonds is 7. The van der Waals surface area contributed by atoms with E-state index in [1.165, 1.54) is 65.7 Å². The largest absolute Gasteiger partial charge is 0.456 e. The highest BCUT2D eigenvalue weighted by Gasteiger charge is 2.23. The Morgan fingerprint density at radius 3 is 1.66 bits per heavy atom. The Morgan fingerprint density at radius 2 is 0.839 bits per heavy atom. The quantitative estimate of drug-likeness (QED) is 0.150. The monoisotopic (exact) mass is 789 g/mol. The fourth-order valence-electron chi connectivity index (χ4n) is 9.54. The van der Waals surface area contributed by atoms with Gasteiger partial charge in [0, 0.05) is 33.8 Å². The maximum atomic E-state index is 6.56. The van der Waals surface area contributed by atoms with E-state index in [1.807, 2.05) is 12.1 Å². The van der Waals surface area contributed by atoms with Crippen molar-refractivity contribution < 1.29 is 4.42 Å². The second kappa shape index (κ2) is 14.8. The molecule has 0 fully saturated rings. The number of anilines is 3. The Morgan fingerprint density at radius 1 is 0.274 bits per heavy atom. The van der Waals surface area contributed by atoms with Gasteiger partial charge >= 0.3 is 0 Å². The van der Waals surface area contributed by atoms with E-state index in [1.54, 1.807) is 0 Å². The first-order chi connectivity index (χ1) is 30.7. The van der Waals surface area contributed by atoms with Gasteiger partial charge in [-0.2, -0.15) is 0 Å². The third-order valence-corrected chi connectivity index (χ3v) is 12.5. The Hall–Kier alpha value is -8.20. The Balaban J connectivity index is 1.12. The Bertz CT molecular complexity index is 3610. The van der Waals surface area contributed by atoms with Crippen LogP contribution >= 0.6 is 0 Å². The minimum Gasteiger partial charge on any atom is -0.456 e. The van der Waals surface area contributed by atoms with Crippen molar-refractivity contribution in [2.24, 2.45) is 0 Å². The SMILES string of the molecule is c1ccc(-c2ccc(-c3c(-c4cc5ccccc5c5ccccc45)cccc3N(c3ccc(-c4cccc5ccccc45)cc3)c3ccc4c(c3)oc3ccccc34)cc2)cc1. The van der Waals surface area contributed by atoms with Crippen molar-refractivity contribution in [3.05, 3.63) is 237 Å². The van der Waals surface area contributed by atoms with E-state index in [0.29, 0.717) is 0 Å². The molecule has 0 atom stereocenters. The molecule has 0 radical (unpaired) electrons. The van der Waals surface area contributed by atoms with Crippen molar-refractivity contribution in [1.29, 1.82) is 0 Å². The topological polar surface area (TPSA) is 16.4 Å². The van der Waals surface area contributed by atoms with Gasteiger partial charge in [0.25, 0.3) is 0 Å². The molecule has 0 aliphatic rings. The van der Waals surface area contributed by atoms with Gasteiger partial charge in [0.1, 0.15) is 11.2 Å². The highest BCUT2D eigenvalue weighted by molar-refractivity contribution is 6.16. The van der Waals surface area contributed by atoms with E-state index in [2.05, 4.69) is 229 Å². The van der Waals surface area contributed by atoms with Gasteiger partial charge in [-0.1, -0.05) is 188 Å². The molecule has 0 saturated carbocycles. The lowest BCUT2D eigenvalue weighted by Gasteiger charge is -2.29. The second-order valence-electron chi connectivity index (χ2n) is 16.0. The molecule has 0 bridgehead atoms. The molecule has 1 aromatic heterocycles. The number of hydrogen-bond donors (Lipinski definition) is 0. The lowest BCUT2D eigenvalue weighted by atomic mass is 9.87. The lowest BCUT2D eigenvalue weighted by molar-refractivity contribution is 0.669. The van der Waals surface area contributed by atoms with Crippen molar-refractivity contribution in [2.45, 2.75) is 0 Å². The van der Waals surface area contributed by atoms with E-state index in [0.717, 1.165) is 50.1 Å². The first kappa shape index (κ1) is 35.7. The summed E-state index contributed by atoms with van der Waals surface area (Å²) >= 11 is 0. The minimum absolute atomic E-state index is 0.853. The first-order valence-electron chi connectivity index (χ1n) is 21.2. The first-order valence-corrected chi connectivity index (χ1v) is 21.2. The molecular weight excluding hydrogens is 751 g/mol. The normalized spacial score (nSPS) is 11.5. The molecule has 11 aromatic carbocycles. The van der Waals surface area contributed by atoms with Crippen LogP contribution in [0, 0.1) is 0 Å². The van der Waals surface area contributed by atoms with Gasteiger partial charge in [0.15, 0.2) is 0 Å². The average molecular weight is 790 g/mol. The molecule has 0 unspecified atom stereocenters. The summed E-state index contributed by atoms with van der Waals surface area (Å²) in [5, 5.41) is 9.63. The lowest BCUT2D eigenvalue weighted by Crippen LogP contribution is -2.12. The maximum Gasteiger partial charge on any atom is 0.137 e. The average Bonchev–Trinajstić information content (AvgIpc) is 3.72. The molecule has 0 amide bonds. The number of nitrogens with zero attached hydrogens (tertiary/aromatic N) is 1. The van der Waals surface area contributed by atoms with E-state index >= 15 is 0 Å². The third kappa shape index (κ3) is 6.04. The molecule has 0 spiro atoms. The predicted octanol–water partition coefficient (Wildman–Crippen LogP) is 17.2. The summed E-state index contributed by atoms with van der Waals surface area (Å²) in [7, 11) is 0. The van der Waals surface area contributed by atoms with Crippen LogP contribution in [0.2, 0.25) is 0 Å². The minimum atomic E-state index is 0.853. The summed E-state index contributed by atoms with van der Waals surface area (Å²) in [6.45, 7) is 0. The molecule has 2 nitrogen and oxygen atoms in total. The van der Waals surface area contributed by atoms with E-state index in [9.17, 15) is 0 Å². The highest BCUT2D eigenvalue weighted by Crippen LogP contribution is 2.49. The molecule has 62 heavy (non-hydrogen) atoms. The fourth-order valence-corrected chi connectivity index (χ4v) is 9.54. The van der Waals surface area contributed by atoms with Crippen LogP contribution in [-0.2, 0) is 0 Å². The maximum absolute atomic E-state index is 6.56. The summed E-state index contributed by atoms with van der Waals surface area (Å²) in [6, 6.07) is 85.6. The van der Waals surface area contributed by atoms with Crippen LogP contribution in [0.15, 0.2) is 241 Å². The molecule has 1 heterocycles. The van der Waals surface area contributed by atoms with Crippen molar-refractivity contribution in [1.82, 2.24) is 0 Å². The zero-order valence-electron chi connectivity index (χ0n) is 33.9. The summed E-state index contributed by atoms with van der Waals surface area (Å²) < 4.78 is 6.56. The third-order valence-electron chi connectivity index (χ3n) is 12.5. The van der Waals surface area contributed by atoms with Gasteiger partial charge in [-0.3, -0.25) is 0 Å². The van der Waals surface area contributed by atoms with Crippen molar-refractivity contribution in [3.8, 4) is 44.5 Å². The number of hydrogen-bond acceptors (Lipinski definition) is 2. The molecule has 0 aliphatic carbocycles. The Kier molecular flexibility index (Phi) is 8.53. The van der Waals surface area contributed by atoms with Crippen molar-refractivity contribution in [3.63, 3.8) is 0 Å². The van der Waals surface area contributed by atoms with Crippen LogP contribution in [0.5, 0.6) is 0 Å². The smallest absolute Gasteiger partial charge is 0.137 e. The van der Waals surface area contributed by atoms with Gasteiger partial charge in [-0.15, -0.1) is 0 Å². The van der Waals surface area contributed by atoms with Crippen LogP contribution in [0.3, 0.4) is 0 Å². The fraction of sp³-hybridized carbons (Fsp3) is 0. The molecule has 12 aromatic rings. The number of para-hydroxylation sites is 1. The van der Waals surface area contributed by atoms with E-state index < -0.39 is 0 Å².